The van der Waals surface area contributed by atoms with Crippen LogP contribution in [0.1, 0.15) is 21.7 Å². The molecule has 3 rings (SSSR count). The Morgan fingerprint density at radius 3 is 2.62 bits per heavy atom. The van der Waals surface area contributed by atoms with Crippen molar-refractivity contribution in [3.63, 3.8) is 0 Å². The van der Waals surface area contributed by atoms with Crippen molar-refractivity contribution < 1.29 is 14.0 Å². The maximum Gasteiger partial charge on any atom is 0.290 e. The monoisotopic (exact) mass is 377 g/mol. The summed E-state index contributed by atoms with van der Waals surface area (Å²) in [7, 11) is 3.62. The summed E-state index contributed by atoms with van der Waals surface area (Å²) < 4.78 is 5.26. The first kappa shape index (κ1) is 20.0. The average molecular weight is 378 g/mol. The Labute approximate surface area is 159 Å². The van der Waals surface area contributed by atoms with E-state index in [2.05, 4.69) is 5.32 Å². The highest BCUT2D eigenvalue weighted by Gasteiger charge is 2.37. The molecule has 0 spiro atoms. The van der Waals surface area contributed by atoms with Crippen LogP contribution in [-0.2, 0) is 17.8 Å². The molecular formula is C19H24ClN3O3. The van der Waals surface area contributed by atoms with Gasteiger partial charge in [0, 0.05) is 33.1 Å². The minimum Gasteiger partial charge on any atom is -0.459 e. The van der Waals surface area contributed by atoms with Crippen molar-refractivity contribution in [2.24, 2.45) is 0 Å². The van der Waals surface area contributed by atoms with E-state index in [4.69, 9.17) is 4.42 Å². The van der Waals surface area contributed by atoms with E-state index in [0.29, 0.717) is 26.1 Å². The summed E-state index contributed by atoms with van der Waals surface area (Å²) in [6.07, 6.45) is 1.99. The molecule has 7 heteroatoms. The summed E-state index contributed by atoms with van der Waals surface area (Å²) in [5.41, 5.74) is 2.19. The number of amides is 2. The van der Waals surface area contributed by atoms with Crippen LogP contribution in [0.25, 0.3) is 0 Å². The molecule has 0 fully saturated rings. The van der Waals surface area contributed by atoms with Gasteiger partial charge in [-0.25, -0.2) is 0 Å². The molecule has 2 aromatic rings. The van der Waals surface area contributed by atoms with Gasteiger partial charge in [-0.2, -0.15) is 0 Å². The van der Waals surface area contributed by atoms with Gasteiger partial charge in [0.15, 0.2) is 5.76 Å². The van der Waals surface area contributed by atoms with E-state index in [1.165, 1.54) is 6.26 Å². The molecule has 2 amide bonds. The molecule has 26 heavy (non-hydrogen) atoms. The molecule has 1 aliphatic rings. The van der Waals surface area contributed by atoms with Crippen LogP contribution in [0.4, 0.5) is 0 Å². The lowest BCUT2D eigenvalue weighted by Gasteiger charge is -2.37. The number of halogens is 1. The minimum absolute atomic E-state index is 0. The first-order chi connectivity index (χ1) is 12.1. The Balaban J connectivity index is 0.00000243. The maximum absolute atomic E-state index is 13.0. The molecule has 0 aliphatic carbocycles. The third-order valence-corrected chi connectivity index (χ3v) is 4.60. The summed E-state index contributed by atoms with van der Waals surface area (Å²) in [5, 5.41) is 3.04. The number of fused-ring (bicyclic) bond motifs is 1. The van der Waals surface area contributed by atoms with Crippen molar-refractivity contribution in [1.29, 1.82) is 0 Å². The number of likely N-dealkylation sites (N-methyl/N-ethyl adjacent to an activating group) is 2. The molecule has 2 heterocycles. The van der Waals surface area contributed by atoms with E-state index in [0.717, 1.165) is 11.1 Å². The zero-order valence-corrected chi connectivity index (χ0v) is 15.8. The molecule has 1 aromatic carbocycles. The second-order valence-corrected chi connectivity index (χ2v) is 6.26. The molecule has 1 atom stereocenters. The smallest absolute Gasteiger partial charge is 0.290 e. The average Bonchev–Trinajstić information content (AvgIpc) is 3.18. The fraction of sp³-hybridized carbons (Fsp3) is 0.368. The topological polar surface area (TPSA) is 65.8 Å². The lowest BCUT2D eigenvalue weighted by atomic mass is 9.93. The van der Waals surface area contributed by atoms with Crippen LogP contribution in [0.15, 0.2) is 47.1 Å². The van der Waals surface area contributed by atoms with Crippen LogP contribution in [0.3, 0.4) is 0 Å². The molecule has 1 aromatic heterocycles. The first-order valence-electron chi connectivity index (χ1n) is 8.42. The normalized spacial score (nSPS) is 15.8. The van der Waals surface area contributed by atoms with Crippen molar-refractivity contribution in [1.82, 2.24) is 15.1 Å². The van der Waals surface area contributed by atoms with E-state index in [-0.39, 0.29) is 30.0 Å². The van der Waals surface area contributed by atoms with Crippen LogP contribution in [0, 0.1) is 0 Å². The van der Waals surface area contributed by atoms with Gasteiger partial charge >= 0.3 is 0 Å². The molecule has 0 bridgehead atoms. The number of carbonyl (C=O) groups excluding carboxylic acids is 2. The van der Waals surface area contributed by atoms with Gasteiger partial charge < -0.3 is 19.5 Å². The van der Waals surface area contributed by atoms with Gasteiger partial charge in [0.2, 0.25) is 5.91 Å². The quantitative estimate of drug-likeness (QED) is 0.864. The number of hydrogen-bond donors (Lipinski definition) is 1. The highest BCUT2D eigenvalue weighted by molar-refractivity contribution is 5.96. The van der Waals surface area contributed by atoms with Gasteiger partial charge in [0.1, 0.15) is 6.04 Å². The number of nitrogens with one attached hydrogen (secondary N) is 1. The molecule has 6 nitrogen and oxygen atoms in total. The predicted molar refractivity (Wildman–Crippen MR) is 101 cm³/mol. The molecule has 140 valence electrons. The van der Waals surface area contributed by atoms with Crippen LogP contribution < -0.4 is 5.32 Å². The van der Waals surface area contributed by atoms with Gasteiger partial charge in [0.25, 0.3) is 5.91 Å². The number of nitrogens with zero attached hydrogens (tertiary/aromatic N) is 2. The third-order valence-electron chi connectivity index (χ3n) is 4.60. The van der Waals surface area contributed by atoms with Crippen LogP contribution in [0.2, 0.25) is 0 Å². The zero-order valence-electron chi connectivity index (χ0n) is 15.0. The van der Waals surface area contributed by atoms with Crippen molar-refractivity contribution in [3.05, 3.63) is 59.5 Å². The molecule has 1 unspecified atom stereocenters. The summed E-state index contributed by atoms with van der Waals surface area (Å²) in [6.45, 7) is 1.71. The maximum atomic E-state index is 13.0. The summed E-state index contributed by atoms with van der Waals surface area (Å²) in [4.78, 5) is 29.1. The highest BCUT2D eigenvalue weighted by Crippen LogP contribution is 2.26. The number of hydrogen-bond acceptors (Lipinski definition) is 4. The van der Waals surface area contributed by atoms with Crippen LogP contribution in [0.5, 0.6) is 0 Å². The van der Waals surface area contributed by atoms with Crippen molar-refractivity contribution >= 4 is 24.2 Å². The standard InChI is InChI=1S/C19H23N3O3.ClH/c1-20-9-10-21(2)18(23)16-12-14-6-3-4-7-15(14)13-22(16)19(24)17-8-5-11-25-17;/h3-8,11,16,20H,9-10,12-13H2,1-2H3;1H. The number of benzene rings is 1. The molecule has 1 N–H and O–H groups in total. The predicted octanol–water partition coefficient (Wildman–Crippen LogP) is 1.95. The zero-order chi connectivity index (χ0) is 17.8. The molecule has 0 saturated carbocycles. The Bertz CT molecular complexity index is 748. The fourth-order valence-corrected chi connectivity index (χ4v) is 3.14. The largest absolute Gasteiger partial charge is 0.459 e. The van der Waals surface area contributed by atoms with Gasteiger partial charge in [-0.15, -0.1) is 12.4 Å². The Morgan fingerprint density at radius 1 is 1.23 bits per heavy atom. The van der Waals surface area contributed by atoms with Crippen LogP contribution in [-0.4, -0.2) is 54.8 Å². The Morgan fingerprint density at radius 2 is 1.96 bits per heavy atom. The van der Waals surface area contributed by atoms with E-state index in [1.807, 2.05) is 31.3 Å². The second kappa shape index (κ2) is 8.87. The third kappa shape index (κ3) is 4.08. The summed E-state index contributed by atoms with van der Waals surface area (Å²) in [6, 6.07) is 10.7. The van der Waals surface area contributed by atoms with Crippen LogP contribution >= 0.6 is 12.4 Å². The lowest BCUT2D eigenvalue weighted by molar-refractivity contribution is -0.135. The lowest BCUT2D eigenvalue weighted by Crippen LogP contribution is -2.53. The summed E-state index contributed by atoms with van der Waals surface area (Å²) in [5.74, 6) is -0.0420. The highest BCUT2D eigenvalue weighted by atomic mass is 35.5. The van der Waals surface area contributed by atoms with Gasteiger partial charge in [-0.05, 0) is 30.3 Å². The van der Waals surface area contributed by atoms with E-state index in [1.54, 1.807) is 29.0 Å². The molecule has 1 aliphatic heterocycles. The first-order valence-corrected chi connectivity index (χ1v) is 8.42. The number of rotatable bonds is 5. The summed E-state index contributed by atoms with van der Waals surface area (Å²) >= 11 is 0. The van der Waals surface area contributed by atoms with Crippen molar-refractivity contribution in [2.45, 2.75) is 19.0 Å². The number of furan rings is 1. The van der Waals surface area contributed by atoms with Crippen molar-refractivity contribution in [3.8, 4) is 0 Å². The van der Waals surface area contributed by atoms with E-state index in [9.17, 15) is 9.59 Å². The van der Waals surface area contributed by atoms with E-state index < -0.39 is 6.04 Å². The SMILES string of the molecule is CNCCN(C)C(=O)C1Cc2ccccc2CN1C(=O)c1ccco1.Cl. The fourth-order valence-electron chi connectivity index (χ4n) is 3.14. The number of carbonyl (C=O) groups is 2. The van der Waals surface area contributed by atoms with Gasteiger partial charge in [-0.1, -0.05) is 24.3 Å². The molecule has 0 saturated heterocycles. The minimum atomic E-state index is -0.519. The van der Waals surface area contributed by atoms with Crippen molar-refractivity contribution in [2.75, 3.05) is 27.2 Å². The molecule has 0 radical (unpaired) electrons. The van der Waals surface area contributed by atoms with Gasteiger partial charge in [0.05, 0.1) is 6.26 Å². The van der Waals surface area contributed by atoms with E-state index >= 15 is 0 Å². The Kier molecular flexibility index (Phi) is 6.83. The second-order valence-electron chi connectivity index (χ2n) is 6.26. The Hall–Kier alpha value is -2.31. The molecular weight excluding hydrogens is 354 g/mol. The van der Waals surface area contributed by atoms with Gasteiger partial charge in [-0.3, -0.25) is 9.59 Å².